The zero-order chi connectivity index (χ0) is 20.9. The second kappa shape index (κ2) is 10.3. The number of fused-ring (bicyclic) bond motifs is 1. The van der Waals surface area contributed by atoms with Crippen LogP contribution in [0.3, 0.4) is 0 Å². The van der Waals surface area contributed by atoms with Crippen LogP contribution in [0.1, 0.15) is 16.8 Å². The highest BCUT2D eigenvalue weighted by atomic mass is 35.5. The minimum Gasteiger partial charge on any atom is -0.497 e. The van der Waals surface area contributed by atoms with Gasteiger partial charge in [0.1, 0.15) is 5.75 Å². The van der Waals surface area contributed by atoms with E-state index in [0.29, 0.717) is 5.95 Å². The summed E-state index contributed by atoms with van der Waals surface area (Å²) in [4.78, 5) is 11.6. The number of hydrogen-bond acceptors (Lipinski definition) is 7. The van der Waals surface area contributed by atoms with E-state index in [1.165, 1.54) is 0 Å². The van der Waals surface area contributed by atoms with Crippen LogP contribution < -0.4 is 19.5 Å². The lowest BCUT2D eigenvalue weighted by atomic mass is 10.1. The first kappa shape index (κ1) is 22.7. The van der Waals surface area contributed by atoms with E-state index in [1.54, 1.807) is 21.3 Å². The SMILES string of the molecule is COc1cccc(Nc2ncc3c(n2)CCN(Cc2cccc(OC)c2OC)C3)c1.Cl. The molecular weight excluding hydrogens is 416 g/mol. The summed E-state index contributed by atoms with van der Waals surface area (Å²) in [6.45, 7) is 2.50. The standard InChI is InChI=1S/C23H26N4O3.ClH/c1-28-19-8-5-7-18(12-19)25-23-24-13-17-15-27(11-10-20(17)26-23)14-16-6-4-9-21(29-2)22(16)30-3;/h4-9,12-13H,10-11,14-15H2,1-3H3,(H,24,25,26);1H. The molecule has 0 amide bonds. The highest BCUT2D eigenvalue weighted by Crippen LogP contribution is 2.32. The minimum absolute atomic E-state index is 0. The molecule has 1 aliphatic heterocycles. The van der Waals surface area contributed by atoms with Crippen molar-refractivity contribution in [3.63, 3.8) is 0 Å². The molecule has 0 bridgehead atoms. The van der Waals surface area contributed by atoms with Crippen molar-refractivity contribution in [2.24, 2.45) is 0 Å². The molecule has 31 heavy (non-hydrogen) atoms. The molecule has 3 aromatic rings. The van der Waals surface area contributed by atoms with Crippen LogP contribution in [0.15, 0.2) is 48.7 Å². The number of rotatable bonds is 7. The van der Waals surface area contributed by atoms with Gasteiger partial charge in [-0.25, -0.2) is 9.97 Å². The van der Waals surface area contributed by atoms with E-state index in [1.807, 2.05) is 42.6 Å². The van der Waals surface area contributed by atoms with Crippen molar-refractivity contribution in [2.75, 3.05) is 33.2 Å². The number of para-hydroxylation sites is 1. The average Bonchev–Trinajstić information content (AvgIpc) is 2.79. The first-order chi connectivity index (χ1) is 14.7. The van der Waals surface area contributed by atoms with Crippen LogP contribution >= 0.6 is 12.4 Å². The summed E-state index contributed by atoms with van der Waals surface area (Å²) in [5.41, 5.74) is 4.25. The summed E-state index contributed by atoms with van der Waals surface area (Å²) in [5, 5.41) is 3.26. The number of halogens is 1. The third-order valence-corrected chi connectivity index (χ3v) is 5.22. The average molecular weight is 443 g/mol. The molecule has 1 aromatic heterocycles. The lowest BCUT2D eigenvalue weighted by Gasteiger charge is -2.28. The summed E-state index contributed by atoms with van der Waals surface area (Å²) >= 11 is 0. The number of anilines is 2. The fourth-order valence-corrected chi connectivity index (χ4v) is 3.72. The topological polar surface area (TPSA) is 68.7 Å². The van der Waals surface area contributed by atoms with E-state index in [4.69, 9.17) is 19.2 Å². The van der Waals surface area contributed by atoms with Gasteiger partial charge in [0.15, 0.2) is 11.5 Å². The Labute approximate surface area is 188 Å². The van der Waals surface area contributed by atoms with E-state index in [2.05, 4.69) is 21.3 Å². The molecule has 8 heteroatoms. The Bertz CT molecular complexity index is 1030. The third kappa shape index (κ3) is 5.18. The van der Waals surface area contributed by atoms with Gasteiger partial charge in [0.2, 0.25) is 5.95 Å². The van der Waals surface area contributed by atoms with Gasteiger partial charge in [-0.1, -0.05) is 18.2 Å². The number of nitrogens with zero attached hydrogens (tertiary/aromatic N) is 3. The van der Waals surface area contributed by atoms with Crippen molar-refractivity contribution >= 4 is 24.0 Å². The third-order valence-electron chi connectivity index (χ3n) is 5.22. The van der Waals surface area contributed by atoms with E-state index in [0.717, 1.165) is 65.8 Å². The largest absolute Gasteiger partial charge is 0.497 e. The summed E-state index contributed by atoms with van der Waals surface area (Å²) in [7, 11) is 4.99. The zero-order valence-corrected chi connectivity index (χ0v) is 18.7. The van der Waals surface area contributed by atoms with Gasteiger partial charge in [-0.3, -0.25) is 4.90 Å². The molecule has 4 rings (SSSR count). The number of hydrogen-bond donors (Lipinski definition) is 1. The molecule has 2 heterocycles. The minimum atomic E-state index is 0. The molecular formula is C23H27ClN4O3. The monoisotopic (exact) mass is 442 g/mol. The molecule has 0 aliphatic carbocycles. The summed E-state index contributed by atoms with van der Waals surface area (Å²) in [5.74, 6) is 2.94. The number of methoxy groups -OCH3 is 3. The van der Waals surface area contributed by atoms with Crippen LogP contribution in [0.4, 0.5) is 11.6 Å². The molecule has 0 fully saturated rings. The Hall–Kier alpha value is -3.03. The number of ether oxygens (including phenoxy) is 3. The highest BCUT2D eigenvalue weighted by molar-refractivity contribution is 5.85. The van der Waals surface area contributed by atoms with Crippen molar-refractivity contribution in [1.82, 2.24) is 14.9 Å². The summed E-state index contributed by atoms with van der Waals surface area (Å²) in [6.07, 6.45) is 2.79. The van der Waals surface area contributed by atoms with E-state index in [-0.39, 0.29) is 12.4 Å². The van der Waals surface area contributed by atoms with Gasteiger partial charge in [-0.15, -0.1) is 12.4 Å². The van der Waals surface area contributed by atoms with Gasteiger partial charge >= 0.3 is 0 Å². The number of benzene rings is 2. The first-order valence-electron chi connectivity index (χ1n) is 9.88. The second-order valence-corrected chi connectivity index (χ2v) is 7.14. The molecule has 0 radical (unpaired) electrons. The lowest BCUT2D eigenvalue weighted by Crippen LogP contribution is -2.31. The van der Waals surface area contributed by atoms with Crippen LogP contribution in [-0.2, 0) is 19.5 Å². The van der Waals surface area contributed by atoms with Crippen LogP contribution in [0.2, 0.25) is 0 Å². The van der Waals surface area contributed by atoms with Gasteiger partial charge in [0.05, 0.1) is 27.0 Å². The van der Waals surface area contributed by atoms with Crippen LogP contribution in [0, 0.1) is 0 Å². The van der Waals surface area contributed by atoms with Crippen molar-refractivity contribution in [1.29, 1.82) is 0 Å². The predicted molar refractivity (Wildman–Crippen MR) is 123 cm³/mol. The Morgan fingerprint density at radius 2 is 1.87 bits per heavy atom. The van der Waals surface area contributed by atoms with Crippen molar-refractivity contribution < 1.29 is 14.2 Å². The van der Waals surface area contributed by atoms with Gasteiger partial charge < -0.3 is 19.5 Å². The van der Waals surface area contributed by atoms with E-state index >= 15 is 0 Å². The predicted octanol–water partition coefficient (Wildman–Crippen LogP) is 4.23. The molecule has 1 N–H and O–H groups in total. The molecule has 0 unspecified atom stereocenters. The normalized spacial score (nSPS) is 13.0. The molecule has 0 saturated carbocycles. The molecule has 2 aromatic carbocycles. The maximum atomic E-state index is 5.57. The molecule has 164 valence electrons. The Morgan fingerprint density at radius 3 is 2.65 bits per heavy atom. The smallest absolute Gasteiger partial charge is 0.227 e. The Balaban J connectivity index is 0.00000272. The van der Waals surface area contributed by atoms with Crippen molar-refractivity contribution in [2.45, 2.75) is 19.5 Å². The maximum Gasteiger partial charge on any atom is 0.227 e. The Kier molecular flexibility index (Phi) is 7.55. The molecule has 0 saturated heterocycles. The number of nitrogens with one attached hydrogen (secondary N) is 1. The molecule has 1 aliphatic rings. The van der Waals surface area contributed by atoms with Gasteiger partial charge in [0.25, 0.3) is 0 Å². The zero-order valence-electron chi connectivity index (χ0n) is 17.9. The quantitative estimate of drug-likeness (QED) is 0.587. The van der Waals surface area contributed by atoms with E-state index < -0.39 is 0 Å². The Morgan fingerprint density at radius 1 is 1.03 bits per heavy atom. The van der Waals surface area contributed by atoms with Crippen LogP contribution in [0.5, 0.6) is 17.2 Å². The highest BCUT2D eigenvalue weighted by Gasteiger charge is 2.20. The molecule has 0 spiro atoms. The first-order valence-corrected chi connectivity index (χ1v) is 9.88. The summed E-state index contributed by atoms with van der Waals surface area (Å²) in [6, 6.07) is 13.7. The van der Waals surface area contributed by atoms with Crippen molar-refractivity contribution in [3.05, 3.63) is 65.5 Å². The lowest BCUT2D eigenvalue weighted by molar-refractivity contribution is 0.238. The number of aromatic nitrogens is 2. The van der Waals surface area contributed by atoms with Gasteiger partial charge in [0, 0.05) is 55.1 Å². The summed E-state index contributed by atoms with van der Waals surface area (Å²) < 4.78 is 16.3. The fraction of sp³-hybridized carbons (Fsp3) is 0.304. The van der Waals surface area contributed by atoms with Gasteiger partial charge in [-0.05, 0) is 18.2 Å². The fourth-order valence-electron chi connectivity index (χ4n) is 3.72. The van der Waals surface area contributed by atoms with Gasteiger partial charge in [-0.2, -0.15) is 0 Å². The van der Waals surface area contributed by atoms with E-state index in [9.17, 15) is 0 Å². The maximum absolute atomic E-state index is 5.57. The van der Waals surface area contributed by atoms with Crippen LogP contribution in [-0.4, -0.2) is 42.7 Å². The second-order valence-electron chi connectivity index (χ2n) is 7.14. The van der Waals surface area contributed by atoms with Crippen LogP contribution in [0.25, 0.3) is 0 Å². The molecule has 0 atom stereocenters. The van der Waals surface area contributed by atoms with Crippen molar-refractivity contribution in [3.8, 4) is 17.2 Å². The molecule has 7 nitrogen and oxygen atoms in total.